The number of carbonyl (C=O) groups excluding carboxylic acids is 1. The van der Waals surface area contributed by atoms with Crippen molar-refractivity contribution in [3.8, 4) is 0 Å². The van der Waals surface area contributed by atoms with E-state index in [2.05, 4.69) is 0 Å². The molecule has 0 saturated heterocycles. The van der Waals surface area contributed by atoms with E-state index in [0.29, 0.717) is 5.76 Å². The predicted octanol–water partition coefficient (Wildman–Crippen LogP) is 1.09. The summed E-state index contributed by atoms with van der Waals surface area (Å²) in [6, 6.07) is 3.24. The Labute approximate surface area is 64.6 Å². The topological polar surface area (TPSA) is 50.4 Å². The highest BCUT2D eigenvalue weighted by Gasteiger charge is 2.15. The number of hydrogen-bond donors (Lipinski definition) is 1. The van der Waals surface area contributed by atoms with E-state index in [1.54, 1.807) is 19.1 Å². The molecule has 3 nitrogen and oxygen atoms in total. The number of hydrogen-bond acceptors (Lipinski definition) is 3. The fraction of sp³-hybridized carbons (Fsp3) is 0.375. The van der Waals surface area contributed by atoms with Crippen LogP contribution in [0, 0.1) is 5.92 Å². The minimum absolute atomic E-state index is 0.139. The van der Waals surface area contributed by atoms with Crippen LogP contribution in [0.4, 0.5) is 0 Å². The van der Waals surface area contributed by atoms with Crippen molar-refractivity contribution in [1.29, 1.82) is 0 Å². The van der Waals surface area contributed by atoms with Crippen molar-refractivity contribution in [3.05, 3.63) is 24.2 Å². The fourth-order valence-corrected chi connectivity index (χ4v) is 0.745. The standard InChI is InChI=1S/C8H10O3/c1-6(5-9)8(10)7-3-2-4-11-7/h2-4,6,9H,5H2,1H3. The minimum Gasteiger partial charge on any atom is -0.461 e. The quantitative estimate of drug-likeness (QED) is 0.663. The van der Waals surface area contributed by atoms with Gasteiger partial charge in [-0.2, -0.15) is 0 Å². The maximum absolute atomic E-state index is 11.2. The number of aliphatic hydroxyl groups excluding tert-OH is 1. The zero-order chi connectivity index (χ0) is 8.27. The SMILES string of the molecule is CC(CO)C(=O)c1ccco1. The molecule has 60 valence electrons. The average Bonchev–Trinajstić information content (AvgIpc) is 2.53. The molecule has 1 heterocycles. The van der Waals surface area contributed by atoms with Gasteiger partial charge >= 0.3 is 0 Å². The van der Waals surface area contributed by atoms with Gasteiger partial charge in [-0.15, -0.1) is 0 Å². The Bertz CT molecular complexity index is 225. The van der Waals surface area contributed by atoms with E-state index in [1.165, 1.54) is 6.26 Å². The summed E-state index contributed by atoms with van der Waals surface area (Å²) in [7, 11) is 0. The second kappa shape index (κ2) is 3.34. The zero-order valence-electron chi connectivity index (χ0n) is 6.28. The van der Waals surface area contributed by atoms with Gasteiger partial charge in [-0.25, -0.2) is 0 Å². The van der Waals surface area contributed by atoms with Crippen molar-refractivity contribution in [2.45, 2.75) is 6.92 Å². The molecular weight excluding hydrogens is 144 g/mol. The molecule has 3 heteroatoms. The first-order chi connectivity index (χ1) is 5.25. The summed E-state index contributed by atoms with van der Waals surface area (Å²) in [6.45, 7) is 1.52. The van der Waals surface area contributed by atoms with E-state index in [9.17, 15) is 4.79 Å². The largest absolute Gasteiger partial charge is 0.461 e. The molecule has 1 N–H and O–H groups in total. The van der Waals surface area contributed by atoms with Crippen molar-refractivity contribution in [2.75, 3.05) is 6.61 Å². The molecule has 1 atom stereocenters. The molecule has 0 spiro atoms. The first-order valence-electron chi connectivity index (χ1n) is 3.44. The van der Waals surface area contributed by atoms with Crippen LogP contribution >= 0.6 is 0 Å². The number of furan rings is 1. The van der Waals surface area contributed by atoms with Crippen LogP contribution in [0.15, 0.2) is 22.8 Å². The van der Waals surface area contributed by atoms with Gasteiger partial charge in [0.15, 0.2) is 5.76 Å². The number of rotatable bonds is 3. The molecule has 0 aliphatic rings. The molecule has 0 fully saturated rings. The molecule has 0 amide bonds. The Morgan fingerprint density at radius 3 is 3.00 bits per heavy atom. The highest BCUT2D eigenvalue weighted by atomic mass is 16.3. The molecule has 1 aromatic heterocycles. The molecule has 0 radical (unpaired) electrons. The maximum atomic E-state index is 11.2. The predicted molar refractivity (Wildman–Crippen MR) is 39.3 cm³/mol. The summed E-state index contributed by atoms with van der Waals surface area (Å²) in [5, 5.41) is 8.64. The van der Waals surface area contributed by atoms with Crippen molar-refractivity contribution >= 4 is 5.78 Å². The number of ketones is 1. The van der Waals surface area contributed by atoms with Crippen LogP contribution in [0.1, 0.15) is 17.5 Å². The first kappa shape index (κ1) is 8.01. The Hall–Kier alpha value is -1.09. The van der Waals surface area contributed by atoms with Crippen LogP contribution in [0.2, 0.25) is 0 Å². The van der Waals surface area contributed by atoms with Crippen molar-refractivity contribution in [1.82, 2.24) is 0 Å². The highest BCUT2D eigenvalue weighted by Crippen LogP contribution is 2.07. The Kier molecular flexibility index (Phi) is 2.44. The van der Waals surface area contributed by atoms with Crippen LogP contribution in [-0.4, -0.2) is 17.5 Å². The third kappa shape index (κ3) is 1.68. The van der Waals surface area contributed by atoms with Gasteiger partial charge in [0.1, 0.15) is 0 Å². The van der Waals surface area contributed by atoms with E-state index in [-0.39, 0.29) is 18.3 Å². The number of Topliss-reactive ketones (excluding diaryl/α,β-unsaturated/α-hetero) is 1. The molecule has 0 aliphatic heterocycles. The van der Waals surface area contributed by atoms with Gasteiger partial charge in [0, 0.05) is 5.92 Å². The van der Waals surface area contributed by atoms with Gasteiger partial charge in [0.05, 0.1) is 12.9 Å². The fourth-order valence-electron chi connectivity index (χ4n) is 0.745. The van der Waals surface area contributed by atoms with E-state index >= 15 is 0 Å². The summed E-state index contributed by atoms with van der Waals surface area (Å²) in [4.78, 5) is 11.2. The third-order valence-corrected chi connectivity index (χ3v) is 1.49. The zero-order valence-corrected chi connectivity index (χ0v) is 6.28. The van der Waals surface area contributed by atoms with Gasteiger partial charge < -0.3 is 9.52 Å². The average molecular weight is 154 g/mol. The second-order valence-electron chi connectivity index (χ2n) is 2.43. The Morgan fingerprint density at radius 1 is 1.82 bits per heavy atom. The summed E-state index contributed by atoms with van der Waals surface area (Å²) in [5.41, 5.74) is 0. The van der Waals surface area contributed by atoms with Gasteiger partial charge in [-0.3, -0.25) is 4.79 Å². The molecule has 0 saturated carbocycles. The van der Waals surface area contributed by atoms with Crippen LogP contribution in [0.25, 0.3) is 0 Å². The summed E-state index contributed by atoms with van der Waals surface area (Å²) in [5.74, 6) is -0.217. The van der Waals surface area contributed by atoms with Crippen LogP contribution in [-0.2, 0) is 0 Å². The first-order valence-corrected chi connectivity index (χ1v) is 3.44. The molecule has 1 unspecified atom stereocenters. The van der Waals surface area contributed by atoms with E-state index < -0.39 is 0 Å². The lowest BCUT2D eigenvalue weighted by molar-refractivity contribution is 0.0849. The molecule has 1 aromatic rings. The van der Waals surface area contributed by atoms with E-state index in [4.69, 9.17) is 9.52 Å². The molecular formula is C8H10O3. The third-order valence-electron chi connectivity index (χ3n) is 1.49. The lowest BCUT2D eigenvalue weighted by atomic mass is 10.1. The molecule has 0 bridgehead atoms. The normalized spacial score (nSPS) is 12.9. The maximum Gasteiger partial charge on any atom is 0.203 e. The second-order valence-corrected chi connectivity index (χ2v) is 2.43. The molecule has 1 rings (SSSR count). The molecule has 0 aromatic carbocycles. The van der Waals surface area contributed by atoms with Gasteiger partial charge in [0.2, 0.25) is 5.78 Å². The van der Waals surface area contributed by atoms with Crippen LogP contribution in [0.5, 0.6) is 0 Å². The van der Waals surface area contributed by atoms with Gasteiger partial charge in [-0.05, 0) is 12.1 Å². The van der Waals surface area contributed by atoms with Gasteiger partial charge in [-0.1, -0.05) is 6.92 Å². The Morgan fingerprint density at radius 2 is 2.55 bits per heavy atom. The monoisotopic (exact) mass is 154 g/mol. The van der Waals surface area contributed by atoms with Crippen molar-refractivity contribution in [2.24, 2.45) is 5.92 Å². The number of aliphatic hydroxyl groups is 1. The van der Waals surface area contributed by atoms with Crippen LogP contribution < -0.4 is 0 Å². The summed E-state index contributed by atoms with van der Waals surface area (Å²) < 4.78 is 4.86. The van der Waals surface area contributed by atoms with Crippen LogP contribution in [0.3, 0.4) is 0 Å². The van der Waals surface area contributed by atoms with Crippen molar-refractivity contribution < 1.29 is 14.3 Å². The molecule has 0 aliphatic carbocycles. The van der Waals surface area contributed by atoms with Gasteiger partial charge in [0.25, 0.3) is 0 Å². The number of carbonyl (C=O) groups is 1. The summed E-state index contributed by atoms with van der Waals surface area (Å²) in [6.07, 6.45) is 1.44. The summed E-state index contributed by atoms with van der Waals surface area (Å²) >= 11 is 0. The molecule has 11 heavy (non-hydrogen) atoms. The minimum atomic E-state index is -0.374. The Balaban J connectivity index is 2.70. The van der Waals surface area contributed by atoms with E-state index in [0.717, 1.165) is 0 Å². The van der Waals surface area contributed by atoms with Crippen molar-refractivity contribution in [3.63, 3.8) is 0 Å². The smallest absolute Gasteiger partial charge is 0.203 e. The van der Waals surface area contributed by atoms with E-state index in [1.807, 2.05) is 0 Å². The lowest BCUT2D eigenvalue weighted by Gasteiger charge is -2.01. The highest BCUT2D eigenvalue weighted by molar-refractivity contribution is 5.95. The lowest BCUT2D eigenvalue weighted by Crippen LogP contribution is -2.13.